The van der Waals surface area contributed by atoms with E-state index in [1.165, 1.54) is 0 Å². The van der Waals surface area contributed by atoms with Crippen molar-refractivity contribution in [3.63, 3.8) is 0 Å². The summed E-state index contributed by atoms with van der Waals surface area (Å²) in [5, 5.41) is 17.1. The summed E-state index contributed by atoms with van der Waals surface area (Å²) in [5.74, 6) is -1.50. The first kappa shape index (κ1) is 20.5. The van der Waals surface area contributed by atoms with Crippen LogP contribution < -0.4 is 34.8 Å². The van der Waals surface area contributed by atoms with Gasteiger partial charge >= 0.3 is 40.8 Å². The molecule has 0 radical (unpaired) electrons. The molecule has 1 N–H and O–H groups in total. The first-order chi connectivity index (χ1) is 8.99. The van der Waals surface area contributed by atoms with Crippen LogP contribution in [0.3, 0.4) is 0 Å². The van der Waals surface area contributed by atoms with Crippen LogP contribution in [0.15, 0.2) is 0 Å². The van der Waals surface area contributed by atoms with Crippen LogP contribution in [0.4, 0.5) is 8.78 Å². The van der Waals surface area contributed by atoms with Crippen molar-refractivity contribution in [1.82, 2.24) is 0 Å². The number of halogens is 2. The van der Waals surface area contributed by atoms with Gasteiger partial charge in [-0.2, -0.15) is 13.1 Å². The van der Waals surface area contributed by atoms with Gasteiger partial charge in [-0.3, -0.25) is 5.04 Å². The molecular formula is C10H15F2NaO6S. The fraction of sp³-hybridized carbons (Fsp3) is 0.900. The first-order valence-electron chi connectivity index (χ1n) is 5.79. The standard InChI is InChI=1S/C10H16F2O6S.Na/c11-10(12,19-18-17-15)9(14)16-6-8-3-1-7(5-13)2-4-8;/h7-8,13,15H,1-6H2;/q;+1/p-1. The van der Waals surface area contributed by atoms with Gasteiger partial charge < -0.3 is 15.1 Å². The normalized spacial score (nSPS) is 23.0. The molecule has 1 rings (SSSR count). The first-order valence-corrected chi connectivity index (χ1v) is 6.54. The van der Waals surface area contributed by atoms with Crippen LogP contribution in [0.2, 0.25) is 0 Å². The molecule has 0 aliphatic heterocycles. The minimum Gasteiger partial charge on any atom is -0.691 e. The van der Waals surface area contributed by atoms with Crippen LogP contribution in [0, 0.1) is 11.8 Å². The number of carbonyl (C=O) groups excluding carboxylic acids is 1. The smallest absolute Gasteiger partial charge is 0.691 e. The number of rotatable bonds is 7. The monoisotopic (exact) mass is 324 g/mol. The Bertz CT molecular complexity index is 289. The van der Waals surface area contributed by atoms with E-state index >= 15 is 0 Å². The third-order valence-corrected chi connectivity index (χ3v) is 3.58. The molecule has 0 aromatic heterocycles. The molecule has 0 heterocycles. The average Bonchev–Trinajstić information content (AvgIpc) is 2.43. The van der Waals surface area contributed by atoms with Crippen molar-refractivity contribution in [3.05, 3.63) is 0 Å². The number of carbonyl (C=O) groups is 1. The van der Waals surface area contributed by atoms with Crippen molar-refractivity contribution in [2.75, 3.05) is 13.2 Å². The molecule has 1 aliphatic carbocycles. The van der Waals surface area contributed by atoms with Crippen molar-refractivity contribution in [2.24, 2.45) is 11.8 Å². The summed E-state index contributed by atoms with van der Waals surface area (Å²) >= 11 is -0.698. The summed E-state index contributed by atoms with van der Waals surface area (Å²) in [5.41, 5.74) is 0. The maximum Gasteiger partial charge on any atom is 1.00 e. The predicted octanol–water partition coefficient (Wildman–Crippen LogP) is -2.20. The van der Waals surface area contributed by atoms with Crippen LogP contribution in [-0.4, -0.2) is 29.5 Å². The van der Waals surface area contributed by atoms with Gasteiger partial charge in [0.1, 0.15) is 12.0 Å². The predicted molar refractivity (Wildman–Crippen MR) is 58.2 cm³/mol. The van der Waals surface area contributed by atoms with E-state index in [4.69, 9.17) is 5.11 Å². The van der Waals surface area contributed by atoms with E-state index in [1.807, 2.05) is 0 Å². The minimum absolute atomic E-state index is 0. The number of hydrogen-bond donors (Lipinski definition) is 1. The van der Waals surface area contributed by atoms with Crippen molar-refractivity contribution in [2.45, 2.75) is 30.9 Å². The van der Waals surface area contributed by atoms with Crippen LogP contribution in [-0.2, 0) is 18.9 Å². The third-order valence-electron chi connectivity index (χ3n) is 3.08. The molecule has 0 atom stereocenters. The Hall–Kier alpha value is 0.520. The van der Waals surface area contributed by atoms with Crippen molar-refractivity contribution >= 4 is 18.0 Å². The van der Waals surface area contributed by atoms with Gasteiger partial charge in [-0.1, -0.05) is 0 Å². The Morgan fingerprint density at radius 2 is 1.85 bits per heavy atom. The third kappa shape index (κ3) is 6.99. The van der Waals surface area contributed by atoms with Crippen LogP contribution in [0.5, 0.6) is 0 Å². The molecule has 6 nitrogen and oxygen atoms in total. The SMILES string of the molecule is O=C(OCC1CCC(CO)CC1)C(F)(F)SOO[O-].[Na+]. The zero-order valence-electron chi connectivity index (χ0n) is 11.0. The van der Waals surface area contributed by atoms with E-state index in [0.29, 0.717) is 0 Å². The van der Waals surface area contributed by atoms with Gasteiger partial charge in [-0.05, 0) is 37.5 Å². The maximum atomic E-state index is 13.0. The topological polar surface area (TPSA) is 88.1 Å². The van der Waals surface area contributed by atoms with Gasteiger partial charge in [0.05, 0.1) is 6.61 Å². The van der Waals surface area contributed by atoms with E-state index in [1.54, 1.807) is 0 Å². The molecule has 10 heteroatoms. The van der Waals surface area contributed by atoms with Crippen molar-refractivity contribution in [1.29, 1.82) is 0 Å². The average molecular weight is 324 g/mol. The summed E-state index contributed by atoms with van der Waals surface area (Å²) in [6.45, 7) is 0.0130. The van der Waals surface area contributed by atoms with Gasteiger partial charge in [-0.15, -0.1) is 0 Å². The summed E-state index contributed by atoms with van der Waals surface area (Å²) in [6, 6.07) is 0. The largest absolute Gasteiger partial charge is 1.00 e. The van der Waals surface area contributed by atoms with Gasteiger partial charge in [0.25, 0.3) is 0 Å². The molecule has 0 aromatic rings. The molecule has 1 aliphatic rings. The fourth-order valence-electron chi connectivity index (χ4n) is 1.95. The number of ether oxygens (including phenoxy) is 1. The quantitative estimate of drug-likeness (QED) is 0.187. The molecule has 0 amide bonds. The van der Waals surface area contributed by atoms with E-state index in [-0.39, 0.29) is 54.6 Å². The molecule has 0 aromatic carbocycles. The minimum atomic E-state index is -3.98. The Labute approximate surface area is 141 Å². The second-order valence-corrected chi connectivity index (χ2v) is 5.22. The van der Waals surface area contributed by atoms with E-state index in [0.717, 1.165) is 25.7 Å². The Morgan fingerprint density at radius 3 is 2.35 bits per heavy atom. The van der Waals surface area contributed by atoms with Crippen molar-refractivity contribution in [3.8, 4) is 0 Å². The Balaban J connectivity index is 0.00000361. The molecule has 1 saturated carbocycles. The second-order valence-electron chi connectivity index (χ2n) is 4.40. The van der Waals surface area contributed by atoms with E-state index in [2.05, 4.69) is 14.1 Å². The molecule has 0 bridgehead atoms. The van der Waals surface area contributed by atoms with Crippen molar-refractivity contribution < 1.29 is 67.6 Å². The Morgan fingerprint density at radius 1 is 1.30 bits per heavy atom. The van der Waals surface area contributed by atoms with Crippen LogP contribution >= 0.6 is 12.0 Å². The van der Waals surface area contributed by atoms with Gasteiger partial charge in [0, 0.05) is 6.61 Å². The Kier molecular flexibility index (Phi) is 10.5. The summed E-state index contributed by atoms with van der Waals surface area (Å²) in [6.07, 6.45) is 3.02. The van der Waals surface area contributed by atoms with Crippen LogP contribution in [0.1, 0.15) is 25.7 Å². The number of hydrogen-bond acceptors (Lipinski definition) is 7. The number of aliphatic hydroxyl groups is 1. The molecule has 0 spiro atoms. The summed E-state index contributed by atoms with van der Waals surface area (Å²) < 4.78 is 33.9. The van der Waals surface area contributed by atoms with Crippen LogP contribution in [0.25, 0.3) is 0 Å². The van der Waals surface area contributed by atoms with E-state index < -0.39 is 23.3 Å². The molecule has 0 unspecified atom stereocenters. The number of esters is 1. The fourth-order valence-corrected chi connectivity index (χ4v) is 2.19. The maximum absolute atomic E-state index is 13.0. The zero-order chi connectivity index (χ0) is 14.3. The van der Waals surface area contributed by atoms with Gasteiger partial charge in [-0.25, -0.2) is 4.79 Å². The molecule has 0 saturated heterocycles. The van der Waals surface area contributed by atoms with E-state index in [9.17, 15) is 18.8 Å². The summed E-state index contributed by atoms with van der Waals surface area (Å²) in [7, 11) is 0. The van der Waals surface area contributed by atoms with Gasteiger partial charge in [0.15, 0.2) is 0 Å². The molecular weight excluding hydrogens is 309 g/mol. The molecule has 1 fully saturated rings. The van der Waals surface area contributed by atoms with Gasteiger partial charge in [0.2, 0.25) is 0 Å². The molecule has 112 valence electrons. The number of alkyl halides is 2. The zero-order valence-corrected chi connectivity index (χ0v) is 13.9. The second kappa shape index (κ2) is 10.3. The molecule has 20 heavy (non-hydrogen) atoms. The summed E-state index contributed by atoms with van der Waals surface area (Å²) in [4.78, 5) is 11.1. The number of aliphatic hydroxyl groups excluding tert-OH is 1.